The molecule has 0 amide bonds. The molecular formula is C53H33N. The van der Waals surface area contributed by atoms with E-state index in [1.165, 1.54) is 98.4 Å². The van der Waals surface area contributed by atoms with Crippen molar-refractivity contribution in [1.29, 1.82) is 0 Å². The predicted molar refractivity (Wildman–Crippen MR) is 231 cm³/mol. The third kappa shape index (κ3) is 4.90. The highest BCUT2D eigenvalue weighted by atomic mass is 14.6. The molecule has 250 valence electrons. The summed E-state index contributed by atoms with van der Waals surface area (Å²) in [6, 6.07) is 71.3. The second-order valence-corrected chi connectivity index (χ2v) is 14.3. The van der Waals surface area contributed by atoms with E-state index in [0.29, 0.717) is 0 Å². The van der Waals surface area contributed by atoms with Crippen LogP contribution >= 0.6 is 0 Å². The lowest BCUT2D eigenvalue weighted by Gasteiger charge is -2.20. The number of benzene rings is 10. The smallest absolute Gasteiger partial charge is 0.0786 e. The molecule has 0 atom stereocenters. The fraction of sp³-hybridized carbons (Fsp3) is 0. The lowest BCUT2D eigenvalue weighted by atomic mass is 9.83. The minimum atomic E-state index is 1.03. The average Bonchev–Trinajstić information content (AvgIpc) is 3.25. The fourth-order valence-electron chi connectivity index (χ4n) is 8.67. The Morgan fingerprint density at radius 3 is 1.48 bits per heavy atom. The van der Waals surface area contributed by atoms with Gasteiger partial charge in [0.2, 0.25) is 0 Å². The van der Waals surface area contributed by atoms with E-state index in [4.69, 9.17) is 4.98 Å². The topological polar surface area (TPSA) is 12.9 Å². The van der Waals surface area contributed by atoms with Gasteiger partial charge >= 0.3 is 0 Å². The van der Waals surface area contributed by atoms with Crippen molar-refractivity contribution in [2.75, 3.05) is 0 Å². The summed E-state index contributed by atoms with van der Waals surface area (Å²) >= 11 is 0. The maximum atomic E-state index is 4.90. The van der Waals surface area contributed by atoms with Crippen molar-refractivity contribution in [3.8, 4) is 44.5 Å². The minimum Gasteiger partial charge on any atom is -0.256 e. The third-order valence-corrected chi connectivity index (χ3v) is 11.2. The van der Waals surface area contributed by atoms with Crippen LogP contribution in [-0.4, -0.2) is 4.98 Å². The van der Waals surface area contributed by atoms with Crippen LogP contribution < -0.4 is 0 Å². The van der Waals surface area contributed by atoms with Crippen LogP contribution in [0.15, 0.2) is 200 Å². The summed E-state index contributed by atoms with van der Waals surface area (Å²) < 4.78 is 0. The van der Waals surface area contributed by atoms with Crippen LogP contribution in [0.2, 0.25) is 0 Å². The van der Waals surface area contributed by atoms with Gasteiger partial charge in [-0.1, -0.05) is 164 Å². The zero-order valence-electron chi connectivity index (χ0n) is 29.5. The standard InChI is InChI=1S/C53H33N/c1-2-10-34(11-3-1)41-25-27-46-48(32-41)50(43-23-19-35-12-4-6-14-39(35)30-43)47-28-26-42(33-49(47)51(46)44-24-20-36-13-5-7-15-40(36)31-44)45-18-8-16-37-21-22-38-17-9-29-54-53(38)52(37)45/h1-33H. The molecule has 10 aromatic carbocycles. The molecule has 11 aromatic rings. The molecule has 1 nitrogen and oxygen atoms in total. The number of nitrogens with zero attached hydrogens (tertiary/aromatic N) is 1. The van der Waals surface area contributed by atoms with Crippen molar-refractivity contribution >= 4 is 64.8 Å². The van der Waals surface area contributed by atoms with Gasteiger partial charge < -0.3 is 0 Å². The molecule has 0 unspecified atom stereocenters. The average molecular weight is 684 g/mol. The molecule has 0 spiro atoms. The Bertz CT molecular complexity index is 3270. The van der Waals surface area contributed by atoms with Gasteiger partial charge in [0.25, 0.3) is 0 Å². The first-order valence-electron chi connectivity index (χ1n) is 18.6. The second-order valence-electron chi connectivity index (χ2n) is 14.3. The van der Waals surface area contributed by atoms with E-state index in [2.05, 4.69) is 188 Å². The SMILES string of the molecule is c1ccc(-c2ccc3c(-c4ccc5ccccc5c4)c4cc(-c5cccc6ccc7cccnc7c56)ccc4c(-c4ccc5ccccc5c4)c3c2)cc1. The molecular weight excluding hydrogens is 651 g/mol. The van der Waals surface area contributed by atoms with E-state index in [1.807, 2.05) is 12.3 Å². The summed E-state index contributed by atoms with van der Waals surface area (Å²) in [6.07, 6.45) is 1.91. The minimum absolute atomic E-state index is 1.03. The number of pyridine rings is 1. The van der Waals surface area contributed by atoms with Gasteiger partial charge in [-0.25, -0.2) is 0 Å². The molecule has 1 heterocycles. The van der Waals surface area contributed by atoms with Gasteiger partial charge in [0.1, 0.15) is 0 Å². The molecule has 0 aliphatic rings. The summed E-state index contributed by atoms with van der Waals surface area (Å²) in [5, 5.41) is 13.4. The van der Waals surface area contributed by atoms with Gasteiger partial charge in [-0.15, -0.1) is 0 Å². The molecule has 0 bridgehead atoms. The Kier molecular flexibility index (Phi) is 6.93. The third-order valence-electron chi connectivity index (χ3n) is 11.2. The lowest BCUT2D eigenvalue weighted by molar-refractivity contribution is 1.43. The van der Waals surface area contributed by atoms with Gasteiger partial charge in [0.05, 0.1) is 5.52 Å². The van der Waals surface area contributed by atoms with E-state index in [9.17, 15) is 0 Å². The normalized spacial score (nSPS) is 11.7. The largest absolute Gasteiger partial charge is 0.256 e. The van der Waals surface area contributed by atoms with Crippen molar-refractivity contribution in [3.05, 3.63) is 200 Å². The quantitative estimate of drug-likeness (QED) is 0.133. The van der Waals surface area contributed by atoms with Gasteiger partial charge in [-0.2, -0.15) is 0 Å². The summed E-state index contributed by atoms with van der Waals surface area (Å²) in [7, 11) is 0. The van der Waals surface area contributed by atoms with Crippen molar-refractivity contribution in [2.24, 2.45) is 0 Å². The van der Waals surface area contributed by atoms with Gasteiger partial charge in [-0.3, -0.25) is 4.98 Å². The Morgan fingerprint density at radius 2 is 0.796 bits per heavy atom. The Balaban J connectivity index is 1.29. The highest BCUT2D eigenvalue weighted by molar-refractivity contribution is 6.24. The molecule has 0 saturated heterocycles. The highest BCUT2D eigenvalue weighted by Gasteiger charge is 2.20. The van der Waals surface area contributed by atoms with Crippen LogP contribution in [-0.2, 0) is 0 Å². The number of aromatic nitrogens is 1. The first kappa shape index (κ1) is 30.5. The number of rotatable bonds is 4. The van der Waals surface area contributed by atoms with Gasteiger partial charge in [0.15, 0.2) is 0 Å². The molecule has 1 aromatic heterocycles. The molecule has 0 saturated carbocycles. The number of fused-ring (bicyclic) bond motifs is 7. The molecule has 1 heteroatoms. The van der Waals surface area contributed by atoms with Gasteiger partial charge in [-0.05, 0) is 123 Å². The van der Waals surface area contributed by atoms with E-state index in [-0.39, 0.29) is 0 Å². The van der Waals surface area contributed by atoms with Crippen LogP contribution in [0, 0.1) is 0 Å². The predicted octanol–water partition coefficient (Wildman–Crippen LogP) is 14.7. The zero-order valence-corrected chi connectivity index (χ0v) is 29.5. The first-order valence-corrected chi connectivity index (χ1v) is 18.6. The summed E-state index contributed by atoms with van der Waals surface area (Å²) in [5.41, 5.74) is 10.8. The van der Waals surface area contributed by atoms with Gasteiger partial charge in [0, 0.05) is 17.0 Å². The maximum Gasteiger partial charge on any atom is 0.0786 e. The Morgan fingerprint density at radius 1 is 0.278 bits per heavy atom. The van der Waals surface area contributed by atoms with Crippen LogP contribution in [0.3, 0.4) is 0 Å². The Hall–Kier alpha value is -7.09. The number of hydrogen-bond acceptors (Lipinski definition) is 1. The summed E-state index contributed by atoms with van der Waals surface area (Å²) in [4.78, 5) is 4.90. The molecule has 11 rings (SSSR count). The number of hydrogen-bond donors (Lipinski definition) is 0. The fourth-order valence-corrected chi connectivity index (χ4v) is 8.67. The molecule has 0 aliphatic heterocycles. The molecule has 0 aliphatic carbocycles. The van der Waals surface area contributed by atoms with Crippen molar-refractivity contribution in [3.63, 3.8) is 0 Å². The van der Waals surface area contributed by atoms with Crippen LogP contribution in [0.25, 0.3) is 109 Å². The van der Waals surface area contributed by atoms with E-state index >= 15 is 0 Å². The maximum absolute atomic E-state index is 4.90. The highest BCUT2D eigenvalue weighted by Crippen LogP contribution is 2.47. The summed E-state index contributed by atoms with van der Waals surface area (Å²) in [6.45, 7) is 0. The van der Waals surface area contributed by atoms with Crippen molar-refractivity contribution in [1.82, 2.24) is 4.98 Å². The zero-order chi connectivity index (χ0) is 35.6. The van der Waals surface area contributed by atoms with E-state index in [0.717, 1.165) is 10.9 Å². The van der Waals surface area contributed by atoms with E-state index < -0.39 is 0 Å². The Labute approximate surface area is 313 Å². The monoisotopic (exact) mass is 683 g/mol. The first-order chi connectivity index (χ1) is 26.8. The second kappa shape index (κ2) is 12.3. The molecule has 0 fully saturated rings. The van der Waals surface area contributed by atoms with Crippen LogP contribution in [0.1, 0.15) is 0 Å². The van der Waals surface area contributed by atoms with Crippen molar-refractivity contribution in [2.45, 2.75) is 0 Å². The van der Waals surface area contributed by atoms with E-state index in [1.54, 1.807) is 0 Å². The molecule has 0 radical (unpaired) electrons. The lowest BCUT2D eigenvalue weighted by Crippen LogP contribution is -1.93. The van der Waals surface area contributed by atoms with Crippen LogP contribution in [0.5, 0.6) is 0 Å². The molecule has 0 N–H and O–H groups in total. The van der Waals surface area contributed by atoms with Crippen molar-refractivity contribution < 1.29 is 0 Å². The van der Waals surface area contributed by atoms with Crippen LogP contribution in [0.4, 0.5) is 0 Å². The summed E-state index contributed by atoms with van der Waals surface area (Å²) in [5.74, 6) is 0. The molecule has 54 heavy (non-hydrogen) atoms.